The van der Waals surface area contributed by atoms with Gasteiger partial charge in [0, 0.05) is 19.6 Å². The molecule has 2 atom stereocenters. The molecule has 0 spiro atoms. The van der Waals surface area contributed by atoms with E-state index in [2.05, 4.69) is 4.90 Å². The number of carboxylic acids is 1. The van der Waals surface area contributed by atoms with Gasteiger partial charge in [0.05, 0.1) is 18.8 Å². The number of hydrogen-bond donors (Lipinski definition) is 1. The van der Waals surface area contributed by atoms with Gasteiger partial charge in [0.15, 0.2) is 0 Å². The van der Waals surface area contributed by atoms with Gasteiger partial charge < -0.3 is 14.7 Å². The zero-order chi connectivity index (χ0) is 13.3. The Labute approximate surface area is 109 Å². The molecule has 1 saturated carbocycles. The molecule has 18 heavy (non-hydrogen) atoms. The van der Waals surface area contributed by atoms with Gasteiger partial charge in [-0.2, -0.15) is 0 Å². The Morgan fingerprint density at radius 2 is 2.00 bits per heavy atom. The lowest BCUT2D eigenvalue weighted by molar-refractivity contribution is -0.147. The molecule has 0 amide bonds. The molecule has 1 aliphatic heterocycles. The van der Waals surface area contributed by atoms with Crippen LogP contribution in [0.25, 0.3) is 0 Å². The first-order valence-corrected chi connectivity index (χ1v) is 6.59. The number of ether oxygens (including phenoxy) is 1. The molecule has 102 valence electrons. The summed E-state index contributed by atoms with van der Waals surface area (Å²) in [6.45, 7) is 6.32. The third-order valence-corrected chi connectivity index (χ3v) is 4.18. The normalized spacial score (nSPS) is 28.3. The van der Waals surface area contributed by atoms with E-state index in [-0.39, 0.29) is 0 Å². The quantitative estimate of drug-likeness (QED) is 0.778. The summed E-state index contributed by atoms with van der Waals surface area (Å²) in [4.78, 5) is 13.5. The van der Waals surface area contributed by atoms with Crippen LogP contribution in [0.3, 0.4) is 0 Å². The summed E-state index contributed by atoms with van der Waals surface area (Å²) in [5.74, 6) is 0.673. The van der Waals surface area contributed by atoms with Crippen molar-refractivity contribution in [3.63, 3.8) is 0 Å². The van der Waals surface area contributed by atoms with Gasteiger partial charge in [-0.15, -0.1) is 0 Å². The topological polar surface area (TPSA) is 49.8 Å². The van der Waals surface area contributed by atoms with E-state index in [4.69, 9.17) is 9.84 Å². The van der Waals surface area contributed by atoms with Crippen LogP contribution in [0.15, 0.2) is 11.8 Å². The van der Waals surface area contributed by atoms with Gasteiger partial charge in [0.2, 0.25) is 0 Å². The average Bonchev–Trinajstić information content (AvgIpc) is 2.74. The van der Waals surface area contributed by atoms with Crippen molar-refractivity contribution in [2.45, 2.75) is 26.7 Å². The summed E-state index contributed by atoms with van der Waals surface area (Å²) in [5, 5.41) is 9.16. The largest absolute Gasteiger partial charge is 0.504 e. The molecule has 2 unspecified atom stereocenters. The van der Waals surface area contributed by atoms with Gasteiger partial charge in [-0.3, -0.25) is 4.79 Å². The van der Waals surface area contributed by atoms with E-state index in [0.717, 1.165) is 25.9 Å². The maximum Gasteiger partial charge on any atom is 0.310 e. The number of nitrogens with zero attached hydrogens (tertiary/aromatic N) is 1. The van der Waals surface area contributed by atoms with Crippen LogP contribution in [-0.4, -0.2) is 42.7 Å². The highest BCUT2D eigenvalue weighted by atomic mass is 16.5. The highest BCUT2D eigenvalue weighted by molar-refractivity contribution is 5.73. The summed E-state index contributed by atoms with van der Waals surface area (Å²) in [5.41, 5.74) is 0.758. The Morgan fingerprint density at radius 1 is 1.44 bits per heavy atom. The van der Waals surface area contributed by atoms with Crippen molar-refractivity contribution >= 4 is 5.97 Å². The van der Waals surface area contributed by atoms with Crippen molar-refractivity contribution in [2.24, 2.45) is 17.3 Å². The maximum absolute atomic E-state index is 11.1. The molecule has 1 aliphatic carbocycles. The van der Waals surface area contributed by atoms with Gasteiger partial charge in [-0.05, 0) is 44.1 Å². The second kappa shape index (κ2) is 4.92. The van der Waals surface area contributed by atoms with Crippen LogP contribution >= 0.6 is 0 Å². The molecular weight excluding hydrogens is 230 g/mol. The Morgan fingerprint density at radius 3 is 2.44 bits per heavy atom. The molecule has 4 nitrogen and oxygen atoms in total. The van der Waals surface area contributed by atoms with Crippen LogP contribution in [0.4, 0.5) is 0 Å². The molecule has 1 N–H and O–H groups in total. The third-order valence-electron chi connectivity index (χ3n) is 4.18. The SMILES string of the molecule is COC=C1CC2CN(CC(C)(C)C(=O)O)CC2C1. The summed E-state index contributed by atoms with van der Waals surface area (Å²) in [7, 11) is 1.70. The standard InChI is InChI=1S/C14H23NO3/c1-14(2,13(16)17)9-15-6-11-4-10(8-18-3)5-12(11)7-15/h8,11-12H,4-7,9H2,1-3H3,(H,16,17). The predicted molar refractivity (Wildman–Crippen MR) is 69.2 cm³/mol. The Balaban J connectivity index is 1.89. The predicted octanol–water partition coefficient (Wildman–Crippen LogP) is 1.97. The van der Waals surface area contributed by atoms with Gasteiger partial charge in [0.1, 0.15) is 0 Å². The fraction of sp³-hybridized carbons (Fsp3) is 0.786. The summed E-state index contributed by atoms with van der Waals surface area (Å²) in [6.07, 6.45) is 4.11. The Bertz CT molecular complexity index is 346. The molecular formula is C14H23NO3. The molecule has 0 aromatic heterocycles. The molecule has 1 saturated heterocycles. The number of methoxy groups -OCH3 is 1. The second-order valence-corrected chi connectivity index (χ2v) is 6.32. The minimum atomic E-state index is -0.709. The molecule has 4 heteroatoms. The van der Waals surface area contributed by atoms with Crippen molar-refractivity contribution in [3.05, 3.63) is 11.8 Å². The zero-order valence-electron chi connectivity index (χ0n) is 11.5. The number of aliphatic carboxylic acids is 1. The lowest BCUT2D eigenvalue weighted by atomic mass is 9.93. The van der Waals surface area contributed by atoms with Crippen LogP contribution in [0, 0.1) is 17.3 Å². The number of likely N-dealkylation sites (tertiary alicyclic amines) is 1. The van der Waals surface area contributed by atoms with E-state index in [1.807, 2.05) is 6.26 Å². The lowest BCUT2D eigenvalue weighted by Crippen LogP contribution is -2.38. The Hall–Kier alpha value is -1.03. The van der Waals surface area contributed by atoms with Crippen molar-refractivity contribution in [1.82, 2.24) is 4.90 Å². The minimum Gasteiger partial charge on any atom is -0.504 e. The van der Waals surface area contributed by atoms with Crippen molar-refractivity contribution in [3.8, 4) is 0 Å². The van der Waals surface area contributed by atoms with Gasteiger partial charge in [-0.25, -0.2) is 0 Å². The van der Waals surface area contributed by atoms with Crippen molar-refractivity contribution < 1.29 is 14.6 Å². The fourth-order valence-corrected chi connectivity index (χ4v) is 3.27. The number of hydrogen-bond acceptors (Lipinski definition) is 3. The third kappa shape index (κ3) is 2.69. The molecule has 0 aromatic carbocycles. The van der Waals surface area contributed by atoms with E-state index in [1.165, 1.54) is 5.57 Å². The maximum atomic E-state index is 11.1. The molecule has 2 fully saturated rings. The van der Waals surface area contributed by atoms with Crippen LogP contribution in [0.5, 0.6) is 0 Å². The summed E-state index contributed by atoms with van der Waals surface area (Å²) < 4.78 is 5.08. The number of carbonyl (C=O) groups is 1. The molecule has 2 rings (SSSR count). The van der Waals surface area contributed by atoms with E-state index in [1.54, 1.807) is 21.0 Å². The average molecular weight is 253 g/mol. The number of allylic oxidation sites excluding steroid dienone is 1. The van der Waals surface area contributed by atoms with Gasteiger partial charge >= 0.3 is 5.97 Å². The van der Waals surface area contributed by atoms with Crippen molar-refractivity contribution in [1.29, 1.82) is 0 Å². The first kappa shape index (κ1) is 13.4. The molecule has 0 bridgehead atoms. The highest BCUT2D eigenvalue weighted by Gasteiger charge is 2.41. The van der Waals surface area contributed by atoms with Crippen LogP contribution < -0.4 is 0 Å². The number of rotatable bonds is 4. The highest BCUT2D eigenvalue weighted by Crippen LogP contribution is 2.41. The Kier molecular flexibility index (Phi) is 3.66. The molecule has 2 aliphatic rings. The number of carboxylic acid groups (broad SMARTS) is 1. The first-order valence-electron chi connectivity index (χ1n) is 6.59. The van der Waals surface area contributed by atoms with E-state index in [9.17, 15) is 4.79 Å². The smallest absolute Gasteiger partial charge is 0.310 e. The zero-order valence-corrected chi connectivity index (χ0v) is 11.5. The minimum absolute atomic E-state index is 0.649. The molecule has 0 aromatic rings. The number of fused-ring (bicyclic) bond motifs is 1. The first-order chi connectivity index (χ1) is 8.42. The summed E-state index contributed by atoms with van der Waals surface area (Å²) in [6, 6.07) is 0. The van der Waals surface area contributed by atoms with Crippen molar-refractivity contribution in [2.75, 3.05) is 26.7 Å². The van der Waals surface area contributed by atoms with Crippen LogP contribution in [0.2, 0.25) is 0 Å². The molecule has 0 radical (unpaired) electrons. The van der Waals surface area contributed by atoms with Gasteiger partial charge in [-0.1, -0.05) is 0 Å². The van der Waals surface area contributed by atoms with Crippen LogP contribution in [-0.2, 0) is 9.53 Å². The fourth-order valence-electron chi connectivity index (χ4n) is 3.27. The summed E-state index contributed by atoms with van der Waals surface area (Å²) >= 11 is 0. The lowest BCUT2D eigenvalue weighted by Gasteiger charge is -2.26. The van der Waals surface area contributed by atoms with E-state index < -0.39 is 11.4 Å². The second-order valence-electron chi connectivity index (χ2n) is 6.32. The van der Waals surface area contributed by atoms with Gasteiger partial charge in [0.25, 0.3) is 0 Å². The monoisotopic (exact) mass is 253 g/mol. The van der Waals surface area contributed by atoms with E-state index in [0.29, 0.717) is 18.4 Å². The molecule has 1 heterocycles. The van der Waals surface area contributed by atoms with E-state index >= 15 is 0 Å². The van der Waals surface area contributed by atoms with Crippen LogP contribution in [0.1, 0.15) is 26.7 Å².